The van der Waals surface area contributed by atoms with Crippen LogP contribution in [0.4, 0.5) is 0 Å². The normalized spacial score (nSPS) is 26.5. The Bertz CT molecular complexity index is 289. The zero-order chi connectivity index (χ0) is 9.10. The van der Waals surface area contributed by atoms with E-state index in [0.717, 1.165) is 0 Å². The van der Waals surface area contributed by atoms with E-state index in [0.29, 0.717) is 11.8 Å². The first-order chi connectivity index (χ1) is 6.42. The highest BCUT2D eigenvalue weighted by Crippen LogP contribution is 2.48. The van der Waals surface area contributed by atoms with E-state index in [-0.39, 0.29) is 6.61 Å². The second kappa shape index (κ2) is 3.75. The number of aliphatic hydroxyl groups excluding tert-OH is 1. The van der Waals surface area contributed by atoms with Crippen LogP contribution in [0, 0.1) is 5.92 Å². The molecule has 0 aromatic heterocycles. The summed E-state index contributed by atoms with van der Waals surface area (Å²) in [6, 6.07) is 10.6. The molecular formula is C12H14O. The Morgan fingerprint density at radius 1 is 1.31 bits per heavy atom. The summed E-state index contributed by atoms with van der Waals surface area (Å²) in [7, 11) is 0. The Kier molecular flexibility index (Phi) is 2.46. The molecule has 1 aliphatic rings. The fourth-order valence-corrected chi connectivity index (χ4v) is 1.75. The molecule has 1 aromatic carbocycles. The highest BCUT2D eigenvalue weighted by atomic mass is 16.2. The third-order valence-electron chi connectivity index (χ3n) is 2.56. The summed E-state index contributed by atoms with van der Waals surface area (Å²) >= 11 is 0. The Balaban J connectivity index is 1.97. The zero-order valence-corrected chi connectivity index (χ0v) is 7.56. The van der Waals surface area contributed by atoms with Gasteiger partial charge in [-0.1, -0.05) is 42.5 Å². The number of rotatable bonds is 3. The molecule has 1 fully saturated rings. The van der Waals surface area contributed by atoms with Crippen LogP contribution in [0.1, 0.15) is 17.9 Å². The fourth-order valence-electron chi connectivity index (χ4n) is 1.75. The van der Waals surface area contributed by atoms with Crippen LogP contribution in [0.2, 0.25) is 0 Å². The molecule has 0 radical (unpaired) electrons. The smallest absolute Gasteiger partial charge is 0.0612 e. The Hall–Kier alpha value is -1.08. The number of hydrogen-bond acceptors (Lipinski definition) is 1. The van der Waals surface area contributed by atoms with E-state index < -0.39 is 0 Å². The monoisotopic (exact) mass is 174 g/mol. The van der Waals surface area contributed by atoms with Gasteiger partial charge in [-0.3, -0.25) is 0 Å². The van der Waals surface area contributed by atoms with Gasteiger partial charge in [0.25, 0.3) is 0 Å². The molecule has 1 aliphatic carbocycles. The quantitative estimate of drug-likeness (QED) is 0.697. The lowest BCUT2D eigenvalue weighted by Crippen LogP contribution is -1.80. The summed E-state index contributed by atoms with van der Waals surface area (Å²) in [6.45, 7) is 0.165. The van der Waals surface area contributed by atoms with Crippen LogP contribution in [0.15, 0.2) is 42.5 Å². The van der Waals surface area contributed by atoms with Crippen LogP contribution >= 0.6 is 0 Å². The first-order valence-corrected chi connectivity index (χ1v) is 4.74. The van der Waals surface area contributed by atoms with Crippen LogP contribution in [0.5, 0.6) is 0 Å². The molecule has 0 amide bonds. The van der Waals surface area contributed by atoms with Gasteiger partial charge in [0.15, 0.2) is 0 Å². The predicted octanol–water partition coefficient (Wildman–Crippen LogP) is 2.34. The predicted molar refractivity (Wildman–Crippen MR) is 53.5 cm³/mol. The highest BCUT2D eigenvalue weighted by Gasteiger charge is 2.35. The van der Waals surface area contributed by atoms with E-state index in [1.54, 1.807) is 0 Å². The van der Waals surface area contributed by atoms with E-state index >= 15 is 0 Å². The maximum atomic E-state index is 8.61. The molecule has 0 unspecified atom stereocenters. The Morgan fingerprint density at radius 2 is 2.08 bits per heavy atom. The summed E-state index contributed by atoms with van der Waals surface area (Å²) in [5.74, 6) is 1.36. The van der Waals surface area contributed by atoms with Crippen LogP contribution < -0.4 is 0 Å². The summed E-state index contributed by atoms with van der Waals surface area (Å²) in [5, 5.41) is 8.61. The van der Waals surface area contributed by atoms with Crippen molar-refractivity contribution >= 4 is 0 Å². The van der Waals surface area contributed by atoms with Crippen LogP contribution in [-0.2, 0) is 0 Å². The van der Waals surface area contributed by atoms with Gasteiger partial charge in [0.2, 0.25) is 0 Å². The maximum absolute atomic E-state index is 8.61. The third kappa shape index (κ3) is 1.99. The molecule has 1 aromatic rings. The van der Waals surface area contributed by atoms with Gasteiger partial charge in [-0.05, 0) is 23.8 Å². The van der Waals surface area contributed by atoms with Crippen molar-refractivity contribution in [2.45, 2.75) is 12.3 Å². The highest BCUT2D eigenvalue weighted by molar-refractivity contribution is 5.28. The maximum Gasteiger partial charge on any atom is 0.0612 e. The standard InChI is InChI=1S/C12H14O/c13-8-4-7-11-9-12(11)10-5-2-1-3-6-10/h1-7,11-13H,8-9H2/b7-4-/t11-,12+/m0/s1. The molecule has 1 heteroatoms. The van der Waals surface area contributed by atoms with Gasteiger partial charge in [-0.2, -0.15) is 0 Å². The lowest BCUT2D eigenvalue weighted by molar-refractivity contribution is 0.342. The van der Waals surface area contributed by atoms with E-state index in [1.165, 1.54) is 12.0 Å². The molecule has 0 aliphatic heterocycles. The number of benzene rings is 1. The minimum absolute atomic E-state index is 0.165. The van der Waals surface area contributed by atoms with Crippen molar-refractivity contribution in [3.8, 4) is 0 Å². The average molecular weight is 174 g/mol. The SMILES string of the molecule is OC/C=C\[C@H]1C[C@@H]1c1ccccc1. The average Bonchev–Trinajstić information content (AvgIpc) is 2.95. The molecule has 2 atom stereocenters. The van der Waals surface area contributed by atoms with Gasteiger partial charge in [-0.25, -0.2) is 0 Å². The van der Waals surface area contributed by atoms with Gasteiger partial charge < -0.3 is 5.11 Å². The molecule has 0 heterocycles. The van der Waals surface area contributed by atoms with Crippen molar-refractivity contribution in [1.82, 2.24) is 0 Å². The molecule has 1 nitrogen and oxygen atoms in total. The second-order valence-electron chi connectivity index (χ2n) is 3.53. The minimum Gasteiger partial charge on any atom is -0.392 e. The van der Waals surface area contributed by atoms with Gasteiger partial charge in [0, 0.05) is 0 Å². The molecule has 2 rings (SSSR count). The Labute approximate surface area is 78.7 Å². The van der Waals surface area contributed by atoms with Gasteiger partial charge in [0.1, 0.15) is 0 Å². The van der Waals surface area contributed by atoms with Crippen molar-refractivity contribution < 1.29 is 5.11 Å². The van der Waals surface area contributed by atoms with Crippen LogP contribution in [-0.4, -0.2) is 11.7 Å². The van der Waals surface area contributed by atoms with E-state index in [9.17, 15) is 0 Å². The third-order valence-corrected chi connectivity index (χ3v) is 2.56. The Morgan fingerprint density at radius 3 is 2.77 bits per heavy atom. The van der Waals surface area contributed by atoms with Crippen LogP contribution in [0.3, 0.4) is 0 Å². The second-order valence-corrected chi connectivity index (χ2v) is 3.53. The summed E-state index contributed by atoms with van der Waals surface area (Å²) in [5.41, 5.74) is 1.43. The number of hydrogen-bond donors (Lipinski definition) is 1. The van der Waals surface area contributed by atoms with Gasteiger partial charge >= 0.3 is 0 Å². The van der Waals surface area contributed by atoms with Gasteiger partial charge in [-0.15, -0.1) is 0 Å². The lowest BCUT2D eigenvalue weighted by atomic mass is 10.1. The van der Waals surface area contributed by atoms with Gasteiger partial charge in [0.05, 0.1) is 6.61 Å². The number of aliphatic hydroxyl groups is 1. The fraction of sp³-hybridized carbons (Fsp3) is 0.333. The van der Waals surface area contributed by atoms with Crippen molar-refractivity contribution in [2.75, 3.05) is 6.61 Å². The lowest BCUT2D eigenvalue weighted by Gasteiger charge is -1.95. The van der Waals surface area contributed by atoms with Crippen molar-refractivity contribution in [1.29, 1.82) is 0 Å². The topological polar surface area (TPSA) is 20.2 Å². The summed E-state index contributed by atoms with van der Waals surface area (Å²) in [4.78, 5) is 0. The molecule has 1 saturated carbocycles. The summed E-state index contributed by atoms with van der Waals surface area (Å²) in [6.07, 6.45) is 5.20. The minimum atomic E-state index is 0.165. The molecule has 0 saturated heterocycles. The first-order valence-electron chi connectivity index (χ1n) is 4.74. The summed E-state index contributed by atoms with van der Waals surface area (Å²) < 4.78 is 0. The zero-order valence-electron chi connectivity index (χ0n) is 7.56. The van der Waals surface area contributed by atoms with Crippen molar-refractivity contribution in [3.05, 3.63) is 48.0 Å². The molecule has 68 valence electrons. The molecule has 0 spiro atoms. The van der Waals surface area contributed by atoms with Crippen molar-refractivity contribution in [2.24, 2.45) is 5.92 Å². The van der Waals surface area contributed by atoms with E-state index in [1.807, 2.05) is 12.1 Å². The molecule has 0 bridgehead atoms. The molecule has 13 heavy (non-hydrogen) atoms. The molecule has 1 N–H and O–H groups in total. The first kappa shape index (κ1) is 8.52. The largest absolute Gasteiger partial charge is 0.392 e. The number of allylic oxidation sites excluding steroid dienone is 1. The van der Waals surface area contributed by atoms with E-state index in [2.05, 4.69) is 30.3 Å². The van der Waals surface area contributed by atoms with E-state index in [4.69, 9.17) is 5.11 Å². The van der Waals surface area contributed by atoms with Crippen molar-refractivity contribution in [3.63, 3.8) is 0 Å². The molecular weight excluding hydrogens is 160 g/mol. The van der Waals surface area contributed by atoms with Crippen LogP contribution in [0.25, 0.3) is 0 Å².